The number of nitrogens with zero attached hydrogens (tertiary/aromatic N) is 4. The molecule has 152 valence electrons. The van der Waals surface area contributed by atoms with Crippen LogP contribution in [0.15, 0.2) is 41.4 Å². The SMILES string of the molecule is Cc1c(S(=O)(=O)N2CC(=O)N(Cc3ccccc3)CC(O)C2)cnn1C(F)F. The molecular weight excluding hydrogens is 394 g/mol. The fourth-order valence-electron chi connectivity index (χ4n) is 3.10. The van der Waals surface area contributed by atoms with Crippen LogP contribution < -0.4 is 0 Å². The number of sulfonamides is 1. The molecule has 1 unspecified atom stereocenters. The van der Waals surface area contributed by atoms with Crippen LogP contribution in [-0.2, 0) is 21.4 Å². The molecule has 2 aromatic rings. The van der Waals surface area contributed by atoms with Gasteiger partial charge < -0.3 is 10.0 Å². The van der Waals surface area contributed by atoms with E-state index in [4.69, 9.17) is 0 Å². The van der Waals surface area contributed by atoms with E-state index in [9.17, 15) is 27.1 Å². The Morgan fingerprint density at radius 3 is 2.54 bits per heavy atom. The molecule has 3 rings (SSSR count). The van der Waals surface area contributed by atoms with E-state index in [0.29, 0.717) is 4.68 Å². The number of amides is 1. The van der Waals surface area contributed by atoms with Gasteiger partial charge in [0.2, 0.25) is 15.9 Å². The normalized spacial score (nSPS) is 19.2. The predicted molar refractivity (Wildman–Crippen MR) is 94.8 cm³/mol. The largest absolute Gasteiger partial charge is 0.390 e. The second-order valence-corrected chi connectivity index (χ2v) is 8.43. The Kier molecular flexibility index (Phi) is 5.77. The lowest BCUT2D eigenvalue weighted by molar-refractivity contribution is -0.131. The Hall–Kier alpha value is -2.37. The van der Waals surface area contributed by atoms with Gasteiger partial charge in [0.1, 0.15) is 4.90 Å². The Labute approximate surface area is 161 Å². The first-order valence-corrected chi connectivity index (χ1v) is 9.96. The molecule has 1 aromatic carbocycles. The Balaban J connectivity index is 1.84. The molecule has 28 heavy (non-hydrogen) atoms. The Morgan fingerprint density at radius 1 is 1.25 bits per heavy atom. The lowest BCUT2D eigenvalue weighted by Crippen LogP contribution is -2.39. The maximum absolute atomic E-state index is 12.9. The number of benzene rings is 1. The highest BCUT2D eigenvalue weighted by molar-refractivity contribution is 7.89. The molecule has 1 fully saturated rings. The van der Waals surface area contributed by atoms with Crippen LogP contribution >= 0.6 is 0 Å². The third-order valence-electron chi connectivity index (χ3n) is 4.53. The number of rotatable bonds is 5. The number of carbonyl (C=O) groups is 1. The van der Waals surface area contributed by atoms with Crippen LogP contribution in [0.25, 0.3) is 0 Å². The number of β-amino-alcohol motifs (C(OH)–C–C–N with tert-alkyl or cyclic N) is 1. The van der Waals surface area contributed by atoms with Crippen molar-refractivity contribution in [3.05, 3.63) is 47.8 Å². The molecule has 0 saturated carbocycles. The van der Waals surface area contributed by atoms with Gasteiger partial charge in [-0.25, -0.2) is 13.1 Å². The van der Waals surface area contributed by atoms with Crippen LogP contribution in [0.2, 0.25) is 0 Å². The Bertz CT molecular complexity index is 949. The van der Waals surface area contributed by atoms with Gasteiger partial charge in [0.25, 0.3) is 0 Å². The zero-order valence-corrected chi connectivity index (χ0v) is 15.9. The average molecular weight is 414 g/mol. The van der Waals surface area contributed by atoms with Gasteiger partial charge in [0.05, 0.1) is 24.5 Å². The van der Waals surface area contributed by atoms with Crippen LogP contribution in [0.1, 0.15) is 17.8 Å². The number of aliphatic hydroxyl groups excluding tert-OH is 1. The molecule has 1 aliphatic heterocycles. The summed E-state index contributed by atoms with van der Waals surface area (Å²) in [6.45, 7) is -2.39. The molecule has 0 bridgehead atoms. The standard InChI is InChI=1S/C17H20F2N4O4S/c1-12-15(7-20-23(12)17(18)19)28(26,27)22-10-14(24)9-21(16(25)11-22)8-13-5-3-2-4-6-13/h2-7,14,17,24H,8-11H2,1H3. The number of aliphatic hydroxyl groups is 1. The first-order chi connectivity index (χ1) is 13.2. The predicted octanol–water partition coefficient (Wildman–Crippen LogP) is 0.981. The van der Waals surface area contributed by atoms with E-state index in [0.717, 1.165) is 16.1 Å². The van der Waals surface area contributed by atoms with Gasteiger partial charge in [-0.05, 0) is 12.5 Å². The summed E-state index contributed by atoms with van der Waals surface area (Å²) < 4.78 is 52.7. The van der Waals surface area contributed by atoms with Crippen molar-refractivity contribution >= 4 is 15.9 Å². The molecule has 1 atom stereocenters. The molecule has 1 saturated heterocycles. The molecule has 0 aliphatic carbocycles. The Morgan fingerprint density at radius 2 is 1.93 bits per heavy atom. The van der Waals surface area contributed by atoms with Crippen molar-refractivity contribution in [3.8, 4) is 0 Å². The molecule has 11 heteroatoms. The van der Waals surface area contributed by atoms with Crippen molar-refractivity contribution in [2.75, 3.05) is 19.6 Å². The molecule has 1 aromatic heterocycles. The number of alkyl halides is 2. The molecule has 0 spiro atoms. The molecule has 2 heterocycles. The van der Waals surface area contributed by atoms with Gasteiger partial charge in [-0.2, -0.15) is 18.2 Å². The first kappa shape index (κ1) is 20.4. The van der Waals surface area contributed by atoms with Crippen LogP contribution in [0.3, 0.4) is 0 Å². The topological polar surface area (TPSA) is 95.7 Å². The van der Waals surface area contributed by atoms with E-state index >= 15 is 0 Å². The van der Waals surface area contributed by atoms with Crippen molar-refractivity contribution in [2.45, 2.75) is 31.0 Å². The van der Waals surface area contributed by atoms with Gasteiger partial charge >= 0.3 is 6.55 Å². The summed E-state index contributed by atoms with van der Waals surface area (Å²) in [5.74, 6) is -0.483. The zero-order chi connectivity index (χ0) is 20.5. The number of aromatic nitrogens is 2. The molecule has 0 radical (unpaired) electrons. The van der Waals surface area contributed by atoms with Crippen molar-refractivity contribution in [2.24, 2.45) is 0 Å². The number of hydrogen-bond acceptors (Lipinski definition) is 5. The molecule has 1 N–H and O–H groups in total. The van der Waals surface area contributed by atoms with E-state index in [1.807, 2.05) is 30.3 Å². The monoisotopic (exact) mass is 414 g/mol. The van der Waals surface area contributed by atoms with E-state index in [-0.39, 0.29) is 25.3 Å². The molecular formula is C17H20F2N4O4S. The summed E-state index contributed by atoms with van der Waals surface area (Å²) in [5.41, 5.74) is 0.607. The van der Waals surface area contributed by atoms with E-state index in [1.165, 1.54) is 11.8 Å². The quantitative estimate of drug-likeness (QED) is 0.787. The first-order valence-electron chi connectivity index (χ1n) is 8.52. The minimum Gasteiger partial charge on any atom is -0.390 e. The van der Waals surface area contributed by atoms with Crippen molar-refractivity contribution < 1.29 is 27.1 Å². The minimum absolute atomic E-state index is 0.0327. The summed E-state index contributed by atoms with van der Waals surface area (Å²) in [4.78, 5) is 13.6. The van der Waals surface area contributed by atoms with Crippen molar-refractivity contribution in [3.63, 3.8) is 0 Å². The average Bonchev–Trinajstić information content (AvgIpc) is 2.97. The summed E-state index contributed by atoms with van der Waals surface area (Å²) in [7, 11) is -4.28. The van der Waals surface area contributed by atoms with Crippen LogP contribution in [-0.4, -0.2) is 64.2 Å². The maximum Gasteiger partial charge on any atom is 0.333 e. The smallest absolute Gasteiger partial charge is 0.333 e. The van der Waals surface area contributed by atoms with Gasteiger partial charge in [0, 0.05) is 19.6 Å². The van der Waals surface area contributed by atoms with E-state index in [1.54, 1.807) is 0 Å². The van der Waals surface area contributed by atoms with Crippen LogP contribution in [0.5, 0.6) is 0 Å². The van der Waals surface area contributed by atoms with Crippen LogP contribution in [0, 0.1) is 6.92 Å². The van der Waals surface area contributed by atoms with Gasteiger partial charge in [0.15, 0.2) is 0 Å². The van der Waals surface area contributed by atoms with Gasteiger partial charge in [-0.1, -0.05) is 30.3 Å². The second-order valence-electron chi connectivity index (χ2n) is 6.53. The molecule has 1 amide bonds. The van der Waals surface area contributed by atoms with E-state index in [2.05, 4.69) is 5.10 Å². The third-order valence-corrected chi connectivity index (χ3v) is 6.44. The second kappa shape index (κ2) is 7.94. The van der Waals surface area contributed by atoms with E-state index < -0.39 is 40.0 Å². The molecule has 8 nitrogen and oxygen atoms in total. The maximum atomic E-state index is 12.9. The number of hydrogen-bond donors (Lipinski definition) is 1. The number of halogens is 2. The van der Waals surface area contributed by atoms with Crippen molar-refractivity contribution in [1.82, 2.24) is 19.0 Å². The number of carbonyl (C=O) groups excluding carboxylic acids is 1. The van der Waals surface area contributed by atoms with Crippen molar-refractivity contribution in [1.29, 1.82) is 0 Å². The highest BCUT2D eigenvalue weighted by Gasteiger charge is 2.36. The summed E-state index contributed by atoms with van der Waals surface area (Å²) in [6.07, 6.45) is -0.282. The van der Waals surface area contributed by atoms with Gasteiger partial charge in [-0.15, -0.1) is 0 Å². The summed E-state index contributed by atoms with van der Waals surface area (Å²) in [6, 6.07) is 9.10. The fourth-order valence-corrected chi connectivity index (χ4v) is 4.67. The molecule has 1 aliphatic rings. The summed E-state index contributed by atoms with van der Waals surface area (Å²) >= 11 is 0. The summed E-state index contributed by atoms with van der Waals surface area (Å²) in [5, 5.41) is 13.7. The third kappa shape index (κ3) is 4.05. The minimum atomic E-state index is -4.28. The fraction of sp³-hybridized carbons (Fsp3) is 0.412. The lowest BCUT2D eigenvalue weighted by atomic mass is 10.2. The highest BCUT2D eigenvalue weighted by Crippen LogP contribution is 2.24. The lowest BCUT2D eigenvalue weighted by Gasteiger charge is -2.22. The highest BCUT2D eigenvalue weighted by atomic mass is 32.2. The van der Waals surface area contributed by atoms with Gasteiger partial charge in [-0.3, -0.25) is 4.79 Å². The zero-order valence-electron chi connectivity index (χ0n) is 15.1. The van der Waals surface area contributed by atoms with Crippen LogP contribution in [0.4, 0.5) is 8.78 Å².